The monoisotopic (exact) mass is 361 g/mol. The van der Waals surface area contributed by atoms with Crippen LogP contribution in [0.2, 0.25) is 10.0 Å². The van der Waals surface area contributed by atoms with Crippen molar-refractivity contribution in [2.24, 2.45) is 0 Å². The molecule has 0 saturated heterocycles. The summed E-state index contributed by atoms with van der Waals surface area (Å²) in [4.78, 5) is 11.9. The minimum atomic E-state index is -0.130. The quantitative estimate of drug-likeness (QED) is 0.731. The Morgan fingerprint density at radius 1 is 1.12 bits per heavy atom. The Morgan fingerprint density at radius 2 is 1.92 bits per heavy atom. The summed E-state index contributed by atoms with van der Waals surface area (Å²) in [6, 6.07) is 14.4. The molecule has 4 nitrogen and oxygen atoms in total. The Morgan fingerprint density at radius 3 is 2.67 bits per heavy atom. The fraction of sp³-hybridized carbons (Fsp3) is 0.222. The SMILES string of the molecule is N#Cc1ccccc1NC(=O)CCNCCc1ccc(Cl)cc1Cl. The maximum absolute atomic E-state index is 11.9. The van der Waals surface area contributed by atoms with E-state index < -0.39 is 0 Å². The first kappa shape index (κ1) is 18.3. The van der Waals surface area contributed by atoms with Crippen molar-refractivity contribution in [2.75, 3.05) is 18.4 Å². The number of halogens is 2. The molecule has 124 valence electrons. The second kappa shape index (κ2) is 9.29. The largest absolute Gasteiger partial charge is 0.325 e. The van der Waals surface area contributed by atoms with E-state index in [1.807, 2.05) is 12.1 Å². The van der Waals surface area contributed by atoms with E-state index in [0.717, 1.165) is 12.0 Å². The van der Waals surface area contributed by atoms with E-state index in [1.54, 1.807) is 30.3 Å². The Labute approximate surface area is 151 Å². The van der Waals surface area contributed by atoms with E-state index in [9.17, 15) is 4.79 Å². The number of nitrogens with one attached hydrogen (secondary N) is 2. The molecule has 0 atom stereocenters. The topological polar surface area (TPSA) is 64.9 Å². The molecule has 0 aliphatic heterocycles. The van der Waals surface area contributed by atoms with Crippen molar-refractivity contribution in [3.8, 4) is 6.07 Å². The van der Waals surface area contributed by atoms with Gasteiger partial charge in [-0.05, 0) is 42.8 Å². The molecule has 0 bridgehead atoms. The van der Waals surface area contributed by atoms with Crippen molar-refractivity contribution >= 4 is 34.8 Å². The number of para-hydroxylation sites is 1. The number of amides is 1. The van der Waals surface area contributed by atoms with Crippen LogP contribution in [-0.2, 0) is 11.2 Å². The van der Waals surface area contributed by atoms with Gasteiger partial charge in [0.1, 0.15) is 6.07 Å². The molecule has 0 radical (unpaired) electrons. The zero-order chi connectivity index (χ0) is 17.4. The molecule has 24 heavy (non-hydrogen) atoms. The number of carbonyl (C=O) groups is 1. The molecule has 0 unspecified atom stereocenters. The number of hydrogen-bond acceptors (Lipinski definition) is 3. The van der Waals surface area contributed by atoms with Crippen molar-refractivity contribution in [1.82, 2.24) is 5.32 Å². The molecule has 6 heteroatoms. The lowest BCUT2D eigenvalue weighted by Crippen LogP contribution is -2.23. The highest BCUT2D eigenvalue weighted by Crippen LogP contribution is 2.21. The van der Waals surface area contributed by atoms with E-state index >= 15 is 0 Å². The first-order valence-electron chi connectivity index (χ1n) is 7.54. The molecule has 2 aromatic rings. The number of carbonyl (C=O) groups excluding carboxylic acids is 1. The van der Waals surface area contributed by atoms with Gasteiger partial charge in [-0.3, -0.25) is 4.79 Å². The van der Waals surface area contributed by atoms with Crippen molar-refractivity contribution < 1.29 is 4.79 Å². The molecular formula is C18H17Cl2N3O. The molecule has 0 fully saturated rings. The molecule has 1 amide bonds. The van der Waals surface area contributed by atoms with Crippen LogP contribution < -0.4 is 10.6 Å². The molecule has 0 saturated carbocycles. The third-order valence-electron chi connectivity index (χ3n) is 3.44. The Balaban J connectivity index is 1.70. The van der Waals surface area contributed by atoms with Crippen LogP contribution in [0, 0.1) is 11.3 Å². The van der Waals surface area contributed by atoms with Crippen molar-refractivity contribution in [3.05, 3.63) is 63.6 Å². The number of anilines is 1. The van der Waals surface area contributed by atoms with Crippen molar-refractivity contribution in [2.45, 2.75) is 12.8 Å². The fourth-order valence-electron chi connectivity index (χ4n) is 2.18. The van der Waals surface area contributed by atoms with Gasteiger partial charge in [-0.15, -0.1) is 0 Å². The lowest BCUT2D eigenvalue weighted by molar-refractivity contribution is -0.116. The van der Waals surface area contributed by atoms with Crippen LogP contribution in [0.1, 0.15) is 17.5 Å². The van der Waals surface area contributed by atoms with Crippen LogP contribution in [0.5, 0.6) is 0 Å². The van der Waals surface area contributed by atoms with Crippen LogP contribution in [0.25, 0.3) is 0 Å². The lowest BCUT2D eigenvalue weighted by atomic mass is 10.1. The van der Waals surface area contributed by atoms with Gasteiger partial charge < -0.3 is 10.6 Å². The Hall–Kier alpha value is -2.06. The second-order valence-electron chi connectivity index (χ2n) is 5.19. The summed E-state index contributed by atoms with van der Waals surface area (Å²) < 4.78 is 0. The van der Waals surface area contributed by atoms with Crippen LogP contribution in [0.3, 0.4) is 0 Å². The molecular weight excluding hydrogens is 345 g/mol. The minimum absolute atomic E-state index is 0.130. The second-order valence-corrected chi connectivity index (χ2v) is 6.03. The van der Waals surface area contributed by atoms with Crippen molar-refractivity contribution in [3.63, 3.8) is 0 Å². The average molecular weight is 362 g/mol. The summed E-state index contributed by atoms with van der Waals surface area (Å²) in [5, 5.41) is 16.2. The van der Waals surface area contributed by atoms with E-state index in [-0.39, 0.29) is 5.91 Å². The molecule has 0 spiro atoms. The normalized spacial score (nSPS) is 10.2. The summed E-state index contributed by atoms with van der Waals surface area (Å²) in [6.07, 6.45) is 1.09. The van der Waals surface area contributed by atoms with E-state index in [0.29, 0.717) is 40.8 Å². The number of hydrogen-bond donors (Lipinski definition) is 2. The smallest absolute Gasteiger partial charge is 0.225 e. The molecule has 2 rings (SSSR count). The molecule has 2 aromatic carbocycles. The van der Waals surface area contributed by atoms with Gasteiger partial charge >= 0.3 is 0 Å². The van der Waals surface area contributed by atoms with Gasteiger partial charge in [-0.1, -0.05) is 41.4 Å². The minimum Gasteiger partial charge on any atom is -0.325 e. The zero-order valence-electron chi connectivity index (χ0n) is 13.0. The molecule has 0 aliphatic carbocycles. The third-order valence-corrected chi connectivity index (χ3v) is 4.02. The molecule has 2 N–H and O–H groups in total. The maximum atomic E-state index is 11.9. The number of benzene rings is 2. The van der Waals surface area contributed by atoms with Gasteiger partial charge in [-0.25, -0.2) is 0 Å². The Bertz CT molecular complexity index is 756. The van der Waals surface area contributed by atoms with Crippen molar-refractivity contribution in [1.29, 1.82) is 5.26 Å². The third kappa shape index (κ3) is 5.54. The maximum Gasteiger partial charge on any atom is 0.225 e. The summed E-state index contributed by atoms with van der Waals surface area (Å²) in [6.45, 7) is 1.26. The van der Waals surface area contributed by atoms with E-state index in [1.165, 1.54) is 0 Å². The van der Waals surface area contributed by atoms with Crippen LogP contribution in [-0.4, -0.2) is 19.0 Å². The van der Waals surface area contributed by atoms with Gasteiger partial charge in [0.25, 0.3) is 0 Å². The van der Waals surface area contributed by atoms with Crippen LogP contribution in [0.15, 0.2) is 42.5 Å². The van der Waals surface area contributed by atoms with E-state index in [4.69, 9.17) is 28.5 Å². The van der Waals surface area contributed by atoms with Crippen LogP contribution >= 0.6 is 23.2 Å². The van der Waals surface area contributed by atoms with Gasteiger partial charge in [0, 0.05) is 23.0 Å². The van der Waals surface area contributed by atoms with E-state index in [2.05, 4.69) is 16.7 Å². The predicted octanol–water partition coefficient (Wildman–Crippen LogP) is 4.03. The predicted molar refractivity (Wildman–Crippen MR) is 97.4 cm³/mol. The molecule has 0 aromatic heterocycles. The first-order chi connectivity index (χ1) is 11.6. The highest BCUT2D eigenvalue weighted by Gasteiger charge is 2.06. The summed E-state index contributed by atoms with van der Waals surface area (Å²) in [5.74, 6) is -0.130. The summed E-state index contributed by atoms with van der Waals surface area (Å²) in [5.41, 5.74) is 2.01. The number of nitriles is 1. The highest BCUT2D eigenvalue weighted by molar-refractivity contribution is 6.35. The highest BCUT2D eigenvalue weighted by atomic mass is 35.5. The Kier molecular flexibility index (Phi) is 7.07. The van der Waals surface area contributed by atoms with Crippen LogP contribution in [0.4, 0.5) is 5.69 Å². The standard InChI is InChI=1S/C18H17Cl2N3O/c19-15-6-5-13(16(20)11-15)7-9-22-10-8-18(24)23-17-4-2-1-3-14(17)12-21/h1-6,11,22H,7-10H2,(H,23,24). The van der Waals surface area contributed by atoms with Gasteiger partial charge in [0.2, 0.25) is 5.91 Å². The lowest BCUT2D eigenvalue weighted by Gasteiger charge is -2.08. The average Bonchev–Trinajstić information content (AvgIpc) is 2.57. The van der Waals surface area contributed by atoms with Gasteiger partial charge in [0.05, 0.1) is 11.3 Å². The zero-order valence-corrected chi connectivity index (χ0v) is 14.5. The molecule has 0 aliphatic rings. The fourth-order valence-corrected chi connectivity index (χ4v) is 2.68. The number of nitrogens with zero attached hydrogens (tertiary/aromatic N) is 1. The summed E-state index contributed by atoms with van der Waals surface area (Å²) in [7, 11) is 0. The first-order valence-corrected chi connectivity index (χ1v) is 8.29. The number of rotatable bonds is 7. The molecule has 0 heterocycles. The summed E-state index contributed by atoms with van der Waals surface area (Å²) >= 11 is 12.0. The van der Waals surface area contributed by atoms with Gasteiger partial charge in [0.15, 0.2) is 0 Å². The van der Waals surface area contributed by atoms with Gasteiger partial charge in [-0.2, -0.15) is 5.26 Å².